The monoisotopic (exact) mass is 366 g/mol. The minimum Gasteiger partial charge on any atom is -0.469 e. The lowest BCUT2D eigenvalue weighted by molar-refractivity contribution is -0.243. The van der Waals surface area contributed by atoms with Crippen molar-refractivity contribution in [2.24, 2.45) is 22.7 Å². The number of nitrogens with zero attached hydrogens (tertiary/aromatic N) is 2. The minimum absolute atomic E-state index is 0.0204. The van der Waals surface area contributed by atoms with Crippen molar-refractivity contribution in [2.75, 3.05) is 14.2 Å². The molecule has 0 aromatic heterocycles. The second-order valence-electron chi connectivity index (χ2n) is 8.07. The van der Waals surface area contributed by atoms with Gasteiger partial charge in [-0.3, -0.25) is 14.6 Å². The third-order valence-corrected chi connectivity index (χ3v) is 7.46. The van der Waals surface area contributed by atoms with Crippen LogP contribution in [0.25, 0.3) is 0 Å². The van der Waals surface area contributed by atoms with Crippen LogP contribution in [0.1, 0.15) is 18.9 Å². The molecule has 1 spiro atoms. The van der Waals surface area contributed by atoms with Crippen LogP contribution in [0.2, 0.25) is 0 Å². The van der Waals surface area contributed by atoms with Gasteiger partial charge < -0.3 is 9.47 Å². The number of para-hydroxylation sites is 1. The Morgan fingerprint density at radius 2 is 2.19 bits per heavy atom. The SMILES string of the molecule is C/C=C1/C2[C@@H]3[C@@H](OC)ON2[C@H]2C[C@@H]1C(C(=O)OC)[C@]31C2=Nc2ccccc21. The van der Waals surface area contributed by atoms with Crippen LogP contribution in [0.5, 0.6) is 0 Å². The summed E-state index contributed by atoms with van der Waals surface area (Å²) in [4.78, 5) is 24.5. The lowest BCUT2D eigenvalue weighted by Gasteiger charge is -2.63. The summed E-state index contributed by atoms with van der Waals surface area (Å²) in [7, 11) is 3.17. The number of esters is 1. The molecule has 6 bridgehead atoms. The Kier molecular flexibility index (Phi) is 3.00. The maximum absolute atomic E-state index is 13.2. The Balaban J connectivity index is 1.70. The molecular formula is C21H22N2O4. The summed E-state index contributed by atoms with van der Waals surface area (Å²) < 4.78 is 11.1. The van der Waals surface area contributed by atoms with Crippen molar-refractivity contribution in [1.82, 2.24) is 5.06 Å². The van der Waals surface area contributed by atoms with Crippen molar-refractivity contribution in [3.05, 3.63) is 41.5 Å². The van der Waals surface area contributed by atoms with Gasteiger partial charge >= 0.3 is 5.97 Å². The quantitative estimate of drug-likeness (QED) is 0.594. The van der Waals surface area contributed by atoms with E-state index in [4.69, 9.17) is 19.3 Å². The molecule has 0 N–H and O–H groups in total. The summed E-state index contributed by atoms with van der Waals surface area (Å²) in [5, 5.41) is 2.10. The van der Waals surface area contributed by atoms with Gasteiger partial charge in [-0.05, 0) is 30.9 Å². The molecular weight excluding hydrogens is 344 g/mol. The van der Waals surface area contributed by atoms with Crippen LogP contribution in [-0.2, 0) is 24.5 Å². The van der Waals surface area contributed by atoms with Gasteiger partial charge in [-0.2, -0.15) is 5.06 Å². The fraction of sp³-hybridized carbons (Fsp3) is 0.524. The maximum Gasteiger partial charge on any atom is 0.310 e. The smallest absolute Gasteiger partial charge is 0.310 e. The molecule has 6 aliphatic rings. The predicted molar refractivity (Wildman–Crippen MR) is 97.4 cm³/mol. The molecule has 0 radical (unpaired) electrons. The number of fused-ring (bicyclic) bond motifs is 1. The number of benzene rings is 1. The van der Waals surface area contributed by atoms with E-state index in [1.54, 1.807) is 7.11 Å². The van der Waals surface area contributed by atoms with Gasteiger partial charge in [0.15, 0.2) is 6.29 Å². The molecule has 1 aromatic rings. The van der Waals surface area contributed by atoms with E-state index in [9.17, 15) is 4.79 Å². The van der Waals surface area contributed by atoms with Gasteiger partial charge in [0.25, 0.3) is 0 Å². The van der Waals surface area contributed by atoms with Crippen LogP contribution < -0.4 is 0 Å². The Morgan fingerprint density at radius 1 is 1.37 bits per heavy atom. The zero-order valence-electron chi connectivity index (χ0n) is 15.6. The third-order valence-electron chi connectivity index (χ3n) is 7.46. The second-order valence-corrected chi connectivity index (χ2v) is 8.07. The highest BCUT2D eigenvalue weighted by atomic mass is 16.8. The summed E-state index contributed by atoms with van der Waals surface area (Å²) in [5.74, 6) is -0.326. The Hall–Kier alpha value is -2.02. The summed E-state index contributed by atoms with van der Waals surface area (Å²) in [5.41, 5.74) is 3.93. The van der Waals surface area contributed by atoms with E-state index in [0.29, 0.717) is 0 Å². The molecule has 6 nitrogen and oxygen atoms in total. The highest BCUT2D eigenvalue weighted by Gasteiger charge is 2.78. The summed E-state index contributed by atoms with van der Waals surface area (Å²) in [6.45, 7) is 2.06. The lowest BCUT2D eigenvalue weighted by atomic mass is 9.42. The zero-order chi connectivity index (χ0) is 18.5. The van der Waals surface area contributed by atoms with Crippen LogP contribution in [-0.4, -0.2) is 49.3 Å². The molecule has 27 heavy (non-hydrogen) atoms. The molecule has 3 unspecified atom stereocenters. The van der Waals surface area contributed by atoms with E-state index in [2.05, 4.69) is 24.1 Å². The molecule has 8 atom stereocenters. The fourth-order valence-electron chi connectivity index (χ4n) is 6.79. The first-order valence-electron chi connectivity index (χ1n) is 9.58. The van der Waals surface area contributed by atoms with Gasteiger partial charge in [-0.1, -0.05) is 29.8 Å². The van der Waals surface area contributed by atoms with Crippen molar-refractivity contribution in [1.29, 1.82) is 0 Å². The molecule has 4 aliphatic heterocycles. The number of rotatable bonds is 2. The first kappa shape index (κ1) is 16.0. The third kappa shape index (κ3) is 1.53. The topological polar surface area (TPSA) is 60.4 Å². The summed E-state index contributed by atoms with van der Waals surface area (Å²) >= 11 is 0. The number of hydroxylamine groups is 2. The Labute approximate surface area is 157 Å². The number of hydrogen-bond donors (Lipinski definition) is 0. The van der Waals surface area contributed by atoms with Crippen molar-refractivity contribution in [3.8, 4) is 0 Å². The van der Waals surface area contributed by atoms with Crippen molar-refractivity contribution >= 4 is 17.4 Å². The fourth-order valence-corrected chi connectivity index (χ4v) is 6.79. The standard InChI is InChI=1S/C21H22N2O4/c1-4-10-11-9-14-18-21(15(11)19(24)25-2,12-7-5-6-8-13(12)22-18)16-17(10)23(14)27-20(16)26-3/h4-8,11,14-17,20H,9H2,1-3H3/b10-4+/t11-,14-,15?,16+,17?,20-,21-/m0/s1. The van der Waals surface area contributed by atoms with Crippen molar-refractivity contribution in [2.45, 2.75) is 37.1 Å². The number of ether oxygens (including phenoxy) is 2. The van der Waals surface area contributed by atoms with E-state index in [1.165, 1.54) is 12.7 Å². The maximum atomic E-state index is 13.2. The highest BCUT2D eigenvalue weighted by molar-refractivity contribution is 6.10. The number of carbonyl (C=O) groups is 1. The normalized spacial score (nSPS) is 46.4. The molecule has 4 heterocycles. The van der Waals surface area contributed by atoms with E-state index >= 15 is 0 Å². The molecule has 0 amide bonds. The van der Waals surface area contributed by atoms with Crippen LogP contribution in [0.4, 0.5) is 5.69 Å². The Morgan fingerprint density at radius 3 is 2.93 bits per heavy atom. The van der Waals surface area contributed by atoms with Crippen LogP contribution in [0, 0.1) is 17.8 Å². The number of carbonyl (C=O) groups excluding carboxylic acids is 1. The lowest BCUT2D eigenvalue weighted by Crippen LogP contribution is -2.75. The second kappa shape index (κ2) is 5.07. The number of allylic oxidation sites excluding steroid dienone is 1. The van der Waals surface area contributed by atoms with E-state index in [0.717, 1.165) is 23.4 Å². The van der Waals surface area contributed by atoms with Crippen molar-refractivity contribution < 1.29 is 19.1 Å². The number of aliphatic imine (C=N–C) groups is 1. The molecule has 5 fully saturated rings. The van der Waals surface area contributed by atoms with Crippen molar-refractivity contribution in [3.63, 3.8) is 0 Å². The molecule has 3 saturated heterocycles. The van der Waals surface area contributed by atoms with Crippen LogP contribution >= 0.6 is 0 Å². The van der Waals surface area contributed by atoms with Crippen LogP contribution in [0.3, 0.4) is 0 Å². The molecule has 140 valence electrons. The highest BCUT2D eigenvalue weighted by Crippen LogP contribution is 2.69. The molecule has 2 aliphatic carbocycles. The predicted octanol–water partition coefficient (Wildman–Crippen LogP) is 2.37. The Bertz CT molecular complexity index is 925. The first-order chi connectivity index (χ1) is 13.2. The first-order valence-corrected chi connectivity index (χ1v) is 9.58. The largest absolute Gasteiger partial charge is 0.469 e. The van der Waals surface area contributed by atoms with E-state index < -0.39 is 11.7 Å². The molecule has 2 saturated carbocycles. The summed E-state index contributed by atoms with van der Waals surface area (Å²) in [6.07, 6.45) is 2.59. The van der Waals surface area contributed by atoms with Gasteiger partial charge in [0, 0.05) is 13.0 Å². The van der Waals surface area contributed by atoms with Crippen LogP contribution in [0.15, 0.2) is 40.9 Å². The van der Waals surface area contributed by atoms with Gasteiger partial charge in [0.2, 0.25) is 0 Å². The van der Waals surface area contributed by atoms with E-state index in [1.807, 2.05) is 18.2 Å². The van der Waals surface area contributed by atoms with Gasteiger partial charge in [-0.25, -0.2) is 0 Å². The van der Waals surface area contributed by atoms with Gasteiger partial charge in [0.1, 0.15) is 0 Å². The number of piperidine rings is 2. The molecule has 7 rings (SSSR count). The van der Waals surface area contributed by atoms with Gasteiger partial charge in [0.05, 0.1) is 41.9 Å². The minimum atomic E-state index is -0.512. The zero-order valence-corrected chi connectivity index (χ0v) is 15.6. The van der Waals surface area contributed by atoms with E-state index in [-0.39, 0.29) is 35.8 Å². The van der Waals surface area contributed by atoms with Gasteiger partial charge in [-0.15, -0.1) is 0 Å². The number of hydrogen-bond acceptors (Lipinski definition) is 6. The number of methoxy groups -OCH3 is 2. The molecule has 6 heteroatoms. The summed E-state index contributed by atoms with van der Waals surface area (Å²) in [6, 6.07) is 8.42. The molecule has 1 aromatic carbocycles. The average molecular weight is 366 g/mol. The average Bonchev–Trinajstić information content (AvgIpc) is 3.23.